The van der Waals surface area contributed by atoms with Gasteiger partial charge in [0.15, 0.2) is 0 Å². The maximum Gasteiger partial charge on any atom is 0.142 e. The molecule has 0 aromatic rings. The summed E-state index contributed by atoms with van der Waals surface area (Å²) in [6.07, 6.45) is 2.12. The molecule has 16 heavy (non-hydrogen) atoms. The van der Waals surface area contributed by atoms with E-state index in [1.165, 1.54) is 0 Å². The van der Waals surface area contributed by atoms with Crippen LogP contribution in [0.1, 0.15) is 33.6 Å². The SMILES string of the molecule is CC1COCCN1CC1CCC(C)(C)C1=O. The summed E-state index contributed by atoms with van der Waals surface area (Å²) < 4.78 is 5.42. The number of carbonyl (C=O) groups excluding carboxylic acids is 1. The summed E-state index contributed by atoms with van der Waals surface area (Å²) in [5.74, 6) is 0.724. The molecule has 1 saturated carbocycles. The normalized spacial score (nSPS) is 35.6. The fourth-order valence-corrected chi connectivity index (χ4v) is 2.83. The first-order valence-corrected chi connectivity index (χ1v) is 6.37. The van der Waals surface area contributed by atoms with Crippen molar-refractivity contribution in [1.29, 1.82) is 0 Å². The molecule has 0 aromatic carbocycles. The highest BCUT2D eigenvalue weighted by molar-refractivity contribution is 5.88. The molecule has 2 unspecified atom stereocenters. The molecule has 1 aliphatic carbocycles. The van der Waals surface area contributed by atoms with E-state index in [-0.39, 0.29) is 11.3 Å². The van der Waals surface area contributed by atoms with Gasteiger partial charge >= 0.3 is 0 Å². The molecule has 2 rings (SSSR count). The summed E-state index contributed by atoms with van der Waals surface area (Å²) in [5.41, 5.74) is -0.0831. The van der Waals surface area contributed by atoms with Gasteiger partial charge in [-0.3, -0.25) is 9.69 Å². The number of rotatable bonds is 2. The van der Waals surface area contributed by atoms with Crippen molar-refractivity contribution in [2.75, 3.05) is 26.3 Å². The van der Waals surface area contributed by atoms with Gasteiger partial charge in [0.05, 0.1) is 13.2 Å². The van der Waals surface area contributed by atoms with Gasteiger partial charge in [-0.25, -0.2) is 0 Å². The lowest BCUT2D eigenvalue weighted by Crippen LogP contribution is -2.46. The second-order valence-electron chi connectivity index (χ2n) is 5.90. The zero-order valence-corrected chi connectivity index (χ0v) is 10.7. The molecule has 1 heterocycles. The van der Waals surface area contributed by atoms with Gasteiger partial charge in [-0.2, -0.15) is 0 Å². The molecule has 2 aliphatic rings. The van der Waals surface area contributed by atoms with Crippen LogP contribution in [-0.4, -0.2) is 43.0 Å². The Balaban J connectivity index is 1.93. The first-order valence-electron chi connectivity index (χ1n) is 6.37. The molecular weight excluding hydrogens is 202 g/mol. The van der Waals surface area contributed by atoms with E-state index in [1.54, 1.807) is 0 Å². The molecule has 1 aliphatic heterocycles. The van der Waals surface area contributed by atoms with E-state index < -0.39 is 0 Å². The predicted octanol–water partition coefficient (Wildman–Crippen LogP) is 1.71. The van der Waals surface area contributed by atoms with E-state index >= 15 is 0 Å². The number of hydrogen-bond donors (Lipinski definition) is 0. The molecular formula is C13H23NO2. The first kappa shape index (κ1) is 12.1. The van der Waals surface area contributed by atoms with Crippen LogP contribution in [0.4, 0.5) is 0 Å². The van der Waals surface area contributed by atoms with Gasteiger partial charge in [-0.05, 0) is 19.8 Å². The van der Waals surface area contributed by atoms with E-state index in [1.807, 2.05) is 0 Å². The Kier molecular flexibility index (Phi) is 3.36. The minimum atomic E-state index is -0.0831. The zero-order chi connectivity index (χ0) is 11.8. The van der Waals surface area contributed by atoms with Crippen LogP contribution in [0.3, 0.4) is 0 Å². The molecule has 1 saturated heterocycles. The molecule has 92 valence electrons. The van der Waals surface area contributed by atoms with Crippen LogP contribution in [0, 0.1) is 11.3 Å². The van der Waals surface area contributed by atoms with Gasteiger partial charge in [0.2, 0.25) is 0 Å². The van der Waals surface area contributed by atoms with Crippen LogP contribution in [0.15, 0.2) is 0 Å². The summed E-state index contributed by atoms with van der Waals surface area (Å²) >= 11 is 0. The van der Waals surface area contributed by atoms with E-state index in [4.69, 9.17) is 4.74 Å². The van der Waals surface area contributed by atoms with Crippen molar-refractivity contribution in [2.45, 2.75) is 39.7 Å². The van der Waals surface area contributed by atoms with Gasteiger partial charge in [0, 0.05) is 30.5 Å². The van der Waals surface area contributed by atoms with Crippen LogP contribution in [0.2, 0.25) is 0 Å². The third-order valence-corrected chi connectivity index (χ3v) is 4.12. The third kappa shape index (κ3) is 2.30. The quantitative estimate of drug-likeness (QED) is 0.716. The highest BCUT2D eigenvalue weighted by Crippen LogP contribution is 2.38. The fraction of sp³-hybridized carbons (Fsp3) is 0.923. The van der Waals surface area contributed by atoms with Crippen LogP contribution in [0.25, 0.3) is 0 Å². The number of ether oxygens (including phenoxy) is 1. The molecule has 0 bridgehead atoms. The number of morpholine rings is 1. The molecule has 0 N–H and O–H groups in total. The van der Waals surface area contributed by atoms with E-state index in [9.17, 15) is 4.79 Å². The number of hydrogen-bond acceptors (Lipinski definition) is 3. The Morgan fingerprint density at radius 3 is 2.81 bits per heavy atom. The number of ketones is 1. The van der Waals surface area contributed by atoms with Crippen molar-refractivity contribution < 1.29 is 9.53 Å². The standard InChI is InChI=1S/C13H23NO2/c1-10-9-16-7-6-14(10)8-11-4-5-13(2,3)12(11)15/h10-11H,4-9H2,1-3H3. The van der Waals surface area contributed by atoms with Crippen molar-refractivity contribution in [3.63, 3.8) is 0 Å². The maximum atomic E-state index is 12.1. The number of carbonyl (C=O) groups is 1. The summed E-state index contributed by atoms with van der Waals surface area (Å²) in [7, 11) is 0. The molecule has 2 fully saturated rings. The zero-order valence-electron chi connectivity index (χ0n) is 10.7. The lowest BCUT2D eigenvalue weighted by molar-refractivity contribution is -0.128. The van der Waals surface area contributed by atoms with Gasteiger partial charge in [-0.1, -0.05) is 13.8 Å². The van der Waals surface area contributed by atoms with Crippen molar-refractivity contribution in [3.05, 3.63) is 0 Å². The minimum absolute atomic E-state index is 0.0831. The van der Waals surface area contributed by atoms with Gasteiger partial charge < -0.3 is 4.74 Å². The minimum Gasteiger partial charge on any atom is -0.379 e. The molecule has 3 heteroatoms. The average molecular weight is 225 g/mol. The van der Waals surface area contributed by atoms with Crippen molar-refractivity contribution in [2.24, 2.45) is 11.3 Å². The average Bonchev–Trinajstić information content (AvgIpc) is 2.49. The van der Waals surface area contributed by atoms with Crippen LogP contribution >= 0.6 is 0 Å². The Labute approximate surface area is 98.1 Å². The van der Waals surface area contributed by atoms with E-state index in [2.05, 4.69) is 25.7 Å². The van der Waals surface area contributed by atoms with Crippen LogP contribution in [0.5, 0.6) is 0 Å². The summed E-state index contributed by atoms with van der Waals surface area (Å²) in [6, 6.07) is 0.463. The third-order valence-electron chi connectivity index (χ3n) is 4.12. The first-order chi connectivity index (χ1) is 7.50. The summed E-state index contributed by atoms with van der Waals surface area (Å²) in [5, 5.41) is 0. The number of nitrogens with zero attached hydrogens (tertiary/aromatic N) is 1. The molecule has 0 aromatic heterocycles. The highest BCUT2D eigenvalue weighted by Gasteiger charge is 2.41. The fourth-order valence-electron chi connectivity index (χ4n) is 2.83. The van der Waals surface area contributed by atoms with Crippen molar-refractivity contribution in [3.8, 4) is 0 Å². The highest BCUT2D eigenvalue weighted by atomic mass is 16.5. The summed E-state index contributed by atoms with van der Waals surface area (Å²) in [4.78, 5) is 14.6. The molecule has 3 nitrogen and oxygen atoms in total. The summed E-state index contributed by atoms with van der Waals surface area (Å²) in [6.45, 7) is 9.89. The Morgan fingerprint density at radius 2 is 2.25 bits per heavy atom. The van der Waals surface area contributed by atoms with Crippen LogP contribution in [-0.2, 0) is 9.53 Å². The number of Topliss-reactive ketones (excluding diaryl/α,β-unsaturated/α-hetero) is 1. The topological polar surface area (TPSA) is 29.5 Å². The van der Waals surface area contributed by atoms with Crippen LogP contribution < -0.4 is 0 Å². The van der Waals surface area contributed by atoms with Crippen molar-refractivity contribution in [1.82, 2.24) is 4.90 Å². The van der Waals surface area contributed by atoms with Crippen molar-refractivity contribution >= 4 is 5.78 Å². The molecule has 2 atom stereocenters. The Bertz CT molecular complexity index is 275. The lowest BCUT2D eigenvalue weighted by atomic mass is 9.89. The molecule has 0 radical (unpaired) electrons. The van der Waals surface area contributed by atoms with Gasteiger partial charge in [0.25, 0.3) is 0 Å². The predicted molar refractivity (Wildman–Crippen MR) is 63.4 cm³/mol. The van der Waals surface area contributed by atoms with E-state index in [0.717, 1.165) is 39.1 Å². The second kappa shape index (κ2) is 4.46. The lowest BCUT2D eigenvalue weighted by Gasteiger charge is -2.34. The smallest absolute Gasteiger partial charge is 0.142 e. The molecule has 0 amide bonds. The monoisotopic (exact) mass is 225 g/mol. The maximum absolute atomic E-state index is 12.1. The largest absolute Gasteiger partial charge is 0.379 e. The van der Waals surface area contributed by atoms with Gasteiger partial charge in [0.1, 0.15) is 5.78 Å². The molecule has 0 spiro atoms. The van der Waals surface area contributed by atoms with Gasteiger partial charge in [-0.15, -0.1) is 0 Å². The Morgan fingerprint density at radius 1 is 1.50 bits per heavy atom. The second-order valence-corrected chi connectivity index (χ2v) is 5.90. The Hall–Kier alpha value is -0.410. The van der Waals surface area contributed by atoms with E-state index in [0.29, 0.717) is 11.8 Å².